The Morgan fingerprint density at radius 3 is 2.56 bits per heavy atom. The first kappa shape index (κ1) is 13.4. The summed E-state index contributed by atoms with van der Waals surface area (Å²) in [4.78, 5) is 28.0. The number of rotatable bonds is 3. The number of hydrogen-bond acceptors (Lipinski definition) is 4. The molecular weight excluding hydrogens is 230 g/mol. The minimum atomic E-state index is -0.612. The zero-order chi connectivity index (χ0) is 13.2. The summed E-state index contributed by atoms with van der Waals surface area (Å²) in [5.74, 6) is -0.598. The van der Waals surface area contributed by atoms with Crippen LogP contribution in [-0.4, -0.2) is 37.0 Å². The van der Waals surface area contributed by atoms with Crippen LogP contribution in [0, 0.1) is 11.3 Å². The van der Waals surface area contributed by atoms with Gasteiger partial charge in [-0.2, -0.15) is 0 Å². The highest BCUT2D eigenvalue weighted by Gasteiger charge is 2.38. The SMILES string of the molecule is CC1(C)CC(=O)C(C=NC[C@H]2CCCO2)C(=O)C1. The first-order chi connectivity index (χ1) is 8.48. The first-order valence-corrected chi connectivity index (χ1v) is 6.65. The predicted octanol–water partition coefficient (Wildman–Crippen LogP) is 1.81. The van der Waals surface area contributed by atoms with E-state index in [-0.39, 0.29) is 23.1 Å². The van der Waals surface area contributed by atoms with Crippen LogP contribution in [0.2, 0.25) is 0 Å². The van der Waals surface area contributed by atoms with Gasteiger partial charge in [-0.1, -0.05) is 13.8 Å². The molecule has 0 aromatic carbocycles. The molecule has 1 heterocycles. The van der Waals surface area contributed by atoms with Crippen molar-refractivity contribution in [3.05, 3.63) is 0 Å². The van der Waals surface area contributed by atoms with Gasteiger partial charge in [0.15, 0.2) is 0 Å². The van der Waals surface area contributed by atoms with Crippen molar-refractivity contribution in [1.29, 1.82) is 0 Å². The molecule has 0 amide bonds. The van der Waals surface area contributed by atoms with Gasteiger partial charge in [0.1, 0.15) is 17.5 Å². The van der Waals surface area contributed by atoms with Crippen LogP contribution in [0.5, 0.6) is 0 Å². The molecule has 1 atom stereocenters. The normalized spacial score (nSPS) is 29.3. The summed E-state index contributed by atoms with van der Waals surface area (Å²) < 4.78 is 5.45. The van der Waals surface area contributed by atoms with E-state index in [0.717, 1.165) is 19.4 Å². The van der Waals surface area contributed by atoms with Crippen molar-refractivity contribution >= 4 is 17.8 Å². The van der Waals surface area contributed by atoms with Crippen LogP contribution in [0.3, 0.4) is 0 Å². The van der Waals surface area contributed by atoms with Crippen molar-refractivity contribution in [2.75, 3.05) is 13.2 Å². The smallest absolute Gasteiger partial charge is 0.149 e. The monoisotopic (exact) mass is 251 g/mol. The summed E-state index contributed by atoms with van der Waals surface area (Å²) >= 11 is 0. The van der Waals surface area contributed by atoms with Crippen molar-refractivity contribution in [3.8, 4) is 0 Å². The van der Waals surface area contributed by atoms with Crippen LogP contribution in [0.4, 0.5) is 0 Å². The van der Waals surface area contributed by atoms with Crippen LogP contribution in [-0.2, 0) is 14.3 Å². The highest BCUT2D eigenvalue weighted by atomic mass is 16.5. The van der Waals surface area contributed by atoms with Crippen molar-refractivity contribution in [3.63, 3.8) is 0 Å². The number of ketones is 2. The largest absolute Gasteiger partial charge is 0.376 e. The number of carbonyl (C=O) groups is 2. The van der Waals surface area contributed by atoms with Gasteiger partial charge in [-0.3, -0.25) is 14.6 Å². The van der Waals surface area contributed by atoms with Crippen LogP contribution < -0.4 is 0 Å². The minimum absolute atomic E-state index is 0.00680. The molecule has 0 bridgehead atoms. The van der Waals surface area contributed by atoms with E-state index in [1.54, 1.807) is 6.21 Å². The van der Waals surface area contributed by atoms with Gasteiger partial charge in [-0.25, -0.2) is 0 Å². The molecule has 0 N–H and O–H groups in total. The van der Waals surface area contributed by atoms with Gasteiger partial charge in [0, 0.05) is 25.7 Å². The van der Waals surface area contributed by atoms with E-state index in [2.05, 4.69) is 4.99 Å². The summed E-state index contributed by atoms with van der Waals surface area (Å²) in [5, 5.41) is 0. The summed E-state index contributed by atoms with van der Waals surface area (Å²) in [6.07, 6.45) is 4.75. The van der Waals surface area contributed by atoms with Crippen LogP contribution in [0.15, 0.2) is 4.99 Å². The van der Waals surface area contributed by atoms with Crippen LogP contribution in [0.1, 0.15) is 39.5 Å². The number of hydrogen-bond donors (Lipinski definition) is 0. The van der Waals surface area contributed by atoms with E-state index in [1.165, 1.54) is 0 Å². The van der Waals surface area contributed by atoms with Gasteiger partial charge in [0.25, 0.3) is 0 Å². The first-order valence-electron chi connectivity index (χ1n) is 6.65. The Bertz CT molecular complexity index is 347. The molecule has 2 fully saturated rings. The Kier molecular flexibility index (Phi) is 3.95. The van der Waals surface area contributed by atoms with Crippen molar-refractivity contribution < 1.29 is 14.3 Å². The average Bonchev–Trinajstić information content (AvgIpc) is 2.73. The number of carbonyl (C=O) groups excluding carboxylic acids is 2. The summed E-state index contributed by atoms with van der Waals surface area (Å²) in [7, 11) is 0. The second-order valence-electron chi connectivity index (χ2n) is 6.08. The summed E-state index contributed by atoms with van der Waals surface area (Å²) in [6.45, 7) is 5.29. The molecule has 4 heteroatoms. The van der Waals surface area contributed by atoms with Crippen molar-refractivity contribution in [2.24, 2.45) is 16.3 Å². The molecule has 0 aromatic rings. The van der Waals surface area contributed by atoms with Gasteiger partial charge in [-0.15, -0.1) is 0 Å². The molecule has 1 aliphatic heterocycles. The fourth-order valence-corrected chi connectivity index (χ4v) is 2.64. The lowest BCUT2D eigenvalue weighted by Crippen LogP contribution is -2.38. The topological polar surface area (TPSA) is 55.7 Å². The van der Waals surface area contributed by atoms with E-state index in [4.69, 9.17) is 4.74 Å². The molecule has 18 heavy (non-hydrogen) atoms. The highest BCUT2D eigenvalue weighted by molar-refractivity contribution is 6.16. The van der Waals surface area contributed by atoms with E-state index in [9.17, 15) is 9.59 Å². The molecule has 2 rings (SSSR count). The molecule has 1 aliphatic carbocycles. The summed E-state index contributed by atoms with van der Waals surface area (Å²) in [5.41, 5.74) is -0.187. The Morgan fingerprint density at radius 1 is 1.33 bits per heavy atom. The number of aliphatic imine (C=N–C) groups is 1. The van der Waals surface area contributed by atoms with Gasteiger partial charge in [-0.05, 0) is 18.3 Å². The number of Topliss-reactive ketones (excluding diaryl/α,β-unsaturated/α-hetero) is 2. The second kappa shape index (κ2) is 5.31. The van der Waals surface area contributed by atoms with Crippen LogP contribution in [0.25, 0.3) is 0 Å². The maximum absolute atomic E-state index is 11.9. The third-order valence-corrected chi connectivity index (χ3v) is 3.59. The zero-order valence-electron chi connectivity index (χ0n) is 11.1. The van der Waals surface area contributed by atoms with Gasteiger partial charge in [0.2, 0.25) is 0 Å². The molecule has 0 unspecified atom stereocenters. The number of nitrogens with zero attached hydrogens (tertiary/aromatic N) is 1. The van der Waals surface area contributed by atoms with Crippen molar-refractivity contribution in [2.45, 2.75) is 45.6 Å². The molecular formula is C14H21NO3. The van der Waals surface area contributed by atoms with E-state index in [0.29, 0.717) is 19.4 Å². The lowest BCUT2D eigenvalue weighted by Gasteiger charge is -2.30. The Balaban J connectivity index is 1.90. The van der Waals surface area contributed by atoms with Crippen LogP contribution >= 0.6 is 0 Å². The maximum atomic E-state index is 11.9. The Morgan fingerprint density at radius 2 is 2.00 bits per heavy atom. The molecule has 100 valence electrons. The van der Waals surface area contributed by atoms with Gasteiger partial charge in [0.05, 0.1) is 12.6 Å². The van der Waals surface area contributed by atoms with E-state index < -0.39 is 5.92 Å². The quantitative estimate of drug-likeness (QED) is 0.568. The molecule has 4 nitrogen and oxygen atoms in total. The lowest BCUT2D eigenvalue weighted by molar-refractivity contribution is -0.136. The Labute approximate surface area is 108 Å². The molecule has 1 saturated carbocycles. The third-order valence-electron chi connectivity index (χ3n) is 3.59. The minimum Gasteiger partial charge on any atom is -0.376 e. The lowest BCUT2D eigenvalue weighted by atomic mass is 9.72. The fourth-order valence-electron chi connectivity index (χ4n) is 2.64. The zero-order valence-corrected chi connectivity index (χ0v) is 11.1. The summed E-state index contributed by atoms with van der Waals surface area (Å²) in [6, 6.07) is 0. The molecule has 0 spiro atoms. The van der Waals surface area contributed by atoms with E-state index in [1.807, 2.05) is 13.8 Å². The molecule has 1 saturated heterocycles. The predicted molar refractivity (Wildman–Crippen MR) is 68.9 cm³/mol. The molecule has 2 aliphatic rings. The number of ether oxygens (including phenoxy) is 1. The molecule has 0 radical (unpaired) electrons. The maximum Gasteiger partial charge on any atom is 0.149 e. The highest BCUT2D eigenvalue weighted by Crippen LogP contribution is 2.33. The average molecular weight is 251 g/mol. The Hall–Kier alpha value is -1.03. The van der Waals surface area contributed by atoms with Gasteiger partial charge >= 0.3 is 0 Å². The second-order valence-corrected chi connectivity index (χ2v) is 6.08. The standard InChI is InChI=1S/C14H21NO3/c1-14(2)6-12(16)11(13(17)7-14)9-15-8-10-4-3-5-18-10/h9-11H,3-8H2,1-2H3/t10-/m1/s1. The van der Waals surface area contributed by atoms with Gasteiger partial charge < -0.3 is 4.74 Å². The fraction of sp³-hybridized carbons (Fsp3) is 0.786. The van der Waals surface area contributed by atoms with E-state index >= 15 is 0 Å². The third kappa shape index (κ3) is 3.25. The van der Waals surface area contributed by atoms with Crippen molar-refractivity contribution in [1.82, 2.24) is 0 Å². The molecule has 0 aromatic heterocycles.